The first-order chi connectivity index (χ1) is 7.70. The molecule has 1 aromatic heterocycles. The van der Waals surface area contributed by atoms with Crippen LogP contribution in [0.3, 0.4) is 0 Å². The maximum Gasteiger partial charge on any atom is 0.345 e. The van der Waals surface area contributed by atoms with E-state index in [0.717, 1.165) is 15.4 Å². The summed E-state index contributed by atoms with van der Waals surface area (Å²) in [5, 5.41) is 3.51. The topological polar surface area (TPSA) is 54.4 Å². The smallest absolute Gasteiger partial charge is 0.290 e. The lowest BCUT2D eigenvalue weighted by molar-refractivity contribution is 0.259. The molecule has 0 bridgehead atoms. The molecule has 0 saturated heterocycles. The number of carbonyl (C=O) groups excluding carboxylic acids is 1. The number of hydrogen-bond acceptors (Lipinski definition) is 2. The molecule has 5 heteroatoms. The van der Waals surface area contributed by atoms with Gasteiger partial charge < -0.3 is 0 Å². The van der Waals surface area contributed by atoms with Crippen LogP contribution in [-0.4, -0.2) is 17.7 Å². The highest BCUT2D eigenvalue weighted by atomic mass is 79.9. The highest BCUT2D eigenvalue weighted by molar-refractivity contribution is 9.10. The van der Waals surface area contributed by atoms with Crippen LogP contribution < -0.4 is 5.32 Å². The van der Waals surface area contributed by atoms with Crippen molar-refractivity contribution in [1.82, 2.24) is 4.98 Å². The Hall–Kier alpha value is -1.75. The molecule has 2 amide bonds. The molecular formula is C11H8BrN3O. The molecule has 80 valence electrons. The van der Waals surface area contributed by atoms with E-state index in [4.69, 9.17) is 0 Å². The van der Waals surface area contributed by atoms with Crippen molar-refractivity contribution in [3.05, 3.63) is 34.8 Å². The second-order valence-corrected chi connectivity index (χ2v) is 3.95. The summed E-state index contributed by atoms with van der Waals surface area (Å²) in [5.41, 5.74) is 0.802. The maximum atomic E-state index is 11.0. The lowest BCUT2D eigenvalue weighted by Gasteiger charge is -2.04. The molecule has 0 aliphatic heterocycles. The quantitative estimate of drug-likeness (QED) is 0.814. The highest BCUT2D eigenvalue weighted by Crippen LogP contribution is 2.25. The van der Waals surface area contributed by atoms with E-state index in [1.54, 1.807) is 6.07 Å². The van der Waals surface area contributed by atoms with Crippen LogP contribution in [0.1, 0.15) is 0 Å². The van der Waals surface area contributed by atoms with Gasteiger partial charge in [-0.15, -0.1) is 0 Å². The molecule has 0 atom stereocenters. The second kappa shape index (κ2) is 4.40. The fraction of sp³-hybridized carbons (Fsp3) is 0. The first kappa shape index (κ1) is 10.8. The summed E-state index contributed by atoms with van der Waals surface area (Å²) in [5.74, 6) is 0.447. The van der Waals surface area contributed by atoms with Gasteiger partial charge in [0.2, 0.25) is 0 Å². The summed E-state index contributed by atoms with van der Waals surface area (Å²) in [6.45, 7) is 3.14. The van der Waals surface area contributed by atoms with E-state index >= 15 is 0 Å². The van der Waals surface area contributed by atoms with Crippen LogP contribution in [0.2, 0.25) is 0 Å². The van der Waals surface area contributed by atoms with E-state index in [-0.39, 0.29) is 0 Å². The van der Waals surface area contributed by atoms with E-state index < -0.39 is 6.03 Å². The van der Waals surface area contributed by atoms with Crippen LogP contribution in [-0.2, 0) is 0 Å². The van der Waals surface area contributed by atoms with Crippen molar-refractivity contribution in [3.8, 4) is 0 Å². The summed E-state index contributed by atoms with van der Waals surface area (Å²) in [6.07, 6.45) is 0. The number of para-hydroxylation sites is 1. The van der Waals surface area contributed by atoms with Crippen molar-refractivity contribution in [2.75, 3.05) is 5.32 Å². The predicted molar refractivity (Wildman–Crippen MR) is 68.0 cm³/mol. The van der Waals surface area contributed by atoms with Gasteiger partial charge in [-0.3, -0.25) is 5.32 Å². The fourth-order valence-corrected chi connectivity index (χ4v) is 1.90. The molecule has 0 aliphatic rings. The van der Waals surface area contributed by atoms with Gasteiger partial charge in [0.05, 0.1) is 5.52 Å². The molecule has 0 unspecified atom stereocenters. The van der Waals surface area contributed by atoms with Crippen LogP contribution in [0.25, 0.3) is 10.9 Å². The van der Waals surface area contributed by atoms with Crippen molar-refractivity contribution in [1.29, 1.82) is 0 Å². The summed E-state index contributed by atoms with van der Waals surface area (Å²) in [6, 6.07) is 8.85. The number of urea groups is 1. The third-order valence-corrected chi connectivity index (χ3v) is 2.70. The molecule has 2 rings (SSSR count). The number of nitrogens with zero attached hydrogens (tertiary/aromatic N) is 2. The zero-order valence-electron chi connectivity index (χ0n) is 8.27. The van der Waals surface area contributed by atoms with E-state index in [1.165, 1.54) is 0 Å². The van der Waals surface area contributed by atoms with Gasteiger partial charge >= 0.3 is 6.03 Å². The summed E-state index contributed by atoms with van der Waals surface area (Å²) < 4.78 is 0.873. The second-order valence-electron chi connectivity index (χ2n) is 3.09. The molecule has 16 heavy (non-hydrogen) atoms. The van der Waals surface area contributed by atoms with Gasteiger partial charge in [0.15, 0.2) is 0 Å². The minimum Gasteiger partial charge on any atom is -0.290 e. The Kier molecular flexibility index (Phi) is 2.96. The lowest BCUT2D eigenvalue weighted by Crippen LogP contribution is -2.07. The number of amides is 2. The number of hydrogen-bond donors (Lipinski definition) is 1. The first-order valence-corrected chi connectivity index (χ1v) is 5.33. The van der Waals surface area contributed by atoms with Crippen LogP contribution in [0.5, 0.6) is 0 Å². The van der Waals surface area contributed by atoms with Crippen molar-refractivity contribution < 1.29 is 4.79 Å². The monoisotopic (exact) mass is 277 g/mol. The maximum absolute atomic E-state index is 11.0. The Morgan fingerprint density at radius 1 is 1.44 bits per heavy atom. The normalized spacial score (nSPS) is 10.1. The minimum atomic E-state index is -0.519. The lowest BCUT2D eigenvalue weighted by atomic mass is 10.2. The Bertz CT molecular complexity index is 568. The standard InChI is InChI=1S/C11H8BrN3O/c1-13-11(16)15-10-6-8(12)7-4-2-3-5-9(7)14-10/h2-6H,1H2,(H,14,15,16). The van der Waals surface area contributed by atoms with E-state index in [2.05, 4.69) is 37.9 Å². The number of halogens is 1. The molecular weight excluding hydrogens is 270 g/mol. The number of pyridine rings is 1. The Balaban J connectivity index is 2.49. The Morgan fingerprint density at radius 3 is 2.94 bits per heavy atom. The number of nitrogens with one attached hydrogen (secondary N) is 1. The predicted octanol–water partition coefficient (Wildman–Crippen LogP) is 3.23. The third kappa shape index (κ3) is 2.09. The number of anilines is 1. The average Bonchev–Trinajstić information content (AvgIpc) is 2.29. The number of aliphatic imine (C=N–C) groups is 1. The SMILES string of the molecule is C=NC(=O)Nc1cc(Br)c2ccccc2n1. The van der Waals surface area contributed by atoms with Gasteiger partial charge in [0.1, 0.15) is 5.82 Å². The molecule has 0 radical (unpaired) electrons. The number of rotatable bonds is 1. The van der Waals surface area contributed by atoms with E-state index in [1.807, 2.05) is 24.3 Å². The van der Waals surface area contributed by atoms with Crippen LogP contribution in [0.15, 0.2) is 39.8 Å². The fourth-order valence-electron chi connectivity index (χ4n) is 1.35. The molecule has 1 N–H and O–H groups in total. The van der Waals surface area contributed by atoms with Crippen LogP contribution in [0.4, 0.5) is 10.6 Å². The molecule has 1 aromatic carbocycles. The first-order valence-electron chi connectivity index (χ1n) is 4.53. The van der Waals surface area contributed by atoms with E-state index in [0.29, 0.717) is 5.82 Å². The molecule has 0 aliphatic carbocycles. The van der Waals surface area contributed by atoms with Gasteiger partial charge in [0, 0.05) is 9.86 Å². The number of carbonyl (C=O) groups is 1. The summed E-state index contributed by atoms with van der Waals surface area (Å²) >= 11 is 3.42. The van der Waals surface area contributed by atoms with Crippen molar-refractivity contribution in [3.63, 3.8) is 0 Å². The molecule has 0 spiro atoms. The largest absolute Gasteiger partial charge is 0.345 e. The molecule has 4 nitrogen and oxygen atoms in total. The highest BCUT2D eigenvalue weighted by Gasteiger charge is 2.05. The zero-order chi connectivity index (χ0) is 11.5. The van der Waals surface area contributed by atoms with Crippen molar-refractivity contribution in [2.24, 2.45) is 4.99 Å². The van der Waals surface area contributed by atoms with Gasteiger partial charge in [-0.2, -0.15) is 0 Å². The molecule has 1 heterocycles. The Morgan fingerprint density at radius 2 is 2.19 bits per heavy atom. The van der Waals surface area contributed by atoms with Crippen molar-refractivity contribution in [2.45, 2.75) is 0 Å². The van der Waals surface area contributed by atoms with Gasteiger partial charge in [0.25, 0.3) is 0 Å². The summed E-state index contributed by atoms with van der Waals surface area (Å²) in [4.78, 5) is 18.5. The zero-order valence-corrected chi connectivity index (χ0v) is 9.86. The van der Waals surface area contributed by atoms with Gasteiger partial charge in [-0.25, -0.2) is 14.8 Å². The van der Waals surface area contributed by atoms with Crippen molar-refractivity contribution >= 4 is 45.4 Å². The third-order valence-electron chi connectivity index (χ3n) is 2.04. The average molecular weight is 278 g/mol. The van der Waals surface area contributed by atoms with Gasteiger partial charge in [-0.05, 0) is 34.8 Å². The van der Waals surface area contributed by atoms with E-state index in [9.17, 15) is 4.79 Å². The minimum absolute atomic E-state index is 0.447. The van der Waals surface area contributed by atoms with Crippen LogP contribution in [0, 0.1) is 0 Å². The molecule has 0 saturated carbocycles. The van der Waals surface area contributed by atoms with Crippen LogP contribution >= 0.6 is 15.9 Å². The number of fused-ring (bicyclic) bond motifs is 1. The molecule has 0 fully saturated rings. The number of aromatic nitrogens is 1. The van der Waals surface area contributed by atoms with Gasteiger partial charge in [-0.1, -0.05) is 18.2 Å². The Labute approximate surface area is 101 Å². The summed E-state index contributed by atoms with van der Waals surface area (Å²) in [7, 11) is 0. The molecule has 2 aromatic rings. The number of benzene rings is 1.